The number of nitro benzene ring substituents is 1. The highest BCUT2D eigenvalue weighted by molar-refractivity contribution is 5.79. The molecule has 0 aliphatic heterocycles. The highest BCUT2D eigenvalue weighted by Gasteiger charge is 2.70. The highest BCUT2D eigenvalue weighted by atomic mass is 16.6. The average molecular weight is 608 g/mol. The van der Waals surface area contributed by atoms with E-state index in [4.69, 9.17) is 4.74 Å². The fraction of sp³-hybridized carbons (Fsp3) is 0.757. The maximum atomic E-state index is 14.2. The predicted octanol–water partition coefficient (Wildman–Crippen LogP) is 7.77. The Balaban J connectivity index is 1.33. The number of nitro groups is 1. The van der Waals surface area contributed by atoms with Crippen LogP contribution in [0.1, 0.15) is 112 Å². The van der Waals surface area contributed by atoms with Crippen LogP contribution in [0.2, 0.25) is 0 Å². The van der Waals surface area contributed by atoms with Gasteiger partial charge in [-0.3, -0.25) is 14.9 Å². The number of fused-ring (bicyclic) bond motifs is 7. The molecule has 7 heteroatoms. The predicted molar refractivity (Wildman–Crippen MR) is 169 cm³/mol. The average Bonchev–Trinajstić information content (AvgIpc) is 2.95. The molecule has 0 bridgehead atoms. The molecule has 0 radical (unpaired) electrons. The number of ether oxygens (including phenoxy) is 1. The summed E-state index contributed by atoms with van der Waals surface area (Å²) in [6.07, 6.45) is 9.30. The van der Waals surface area contributed by atoms with Crippen molar-refractivity contribution in [3.05, 3.63) is 51.6 Å². The van der Waals surface area contributed by atoms with Crippen LogP contribution >= 0.6 is 0 Å². The summed E-state index contributed by atoms with van der Waals surface area (Å²) in [5.41, 5.74) is 1.35. The standard InChI is InChI=1S/C37H53NO6/c1-32(2)16-18-37(31(41)44-22-23-8-10-24(11-9-23)38(42)43)19-17-35(6)25(26(37)20-32)12-13-29-34(5)21-27(39)30(40)33(3,4)28(34)14-15-36(29,35)7/h8-12,26-30,39-40H,13-22H2,1-7H3/t26-,27+,28-,29+,30-,34-,35+,36+,37-/m0/s1. The number of hydrogen-bond acceptors (Lipinski definition) is 6. The molecule has 242 valence electrons. The van der Waals surface area contributed by atoms with Crippen LogP contribution in [0, 0.1) is 60.4 Å². The second kappa shape index (κ2) is 10.1. The van der Waals surface area contributed by atoms with Gasteiger partial charge in [0.2, 0.25) is 0 Å². The van der Waals surface area contributed by atoms with Crippen molar-refractivity contribution >= 4 is 11.7 Å². The van der Waals surface area contributed by atoms with Crippen LogP contribution in [0.5, 0.6) is 0 Å². The quantitative estimate of drug-likeness (QED) is 0.157. The van der Waals surface area contributed by atoms with Crippen LogP contribution in [-0.2, 0) is 16.1 Å². The molecule has 7 nitrogen and oxygen atoms in total. The molecule has 0 amide bonds. The van der Waals surface area contributed by atoms with Crippen molar-refractivity contribution in [1.29, 1.82) is 0 Å². The smallest absolute Gasteiger partial charge is 0.313 e. The third kappa shape index (κ3) is 4.38. The number of non-ortho nitro benzene ring substituents is 1. The minimum absolute atomic E-state index is 0.0246. The number of carbonyl (C=O) groups excluding carboxylic acids is 1. The SMILES string of the molecule is CC1(C)CC[C@]2(C(=O)OCc3ccc([N+](=O)[O-])cc3)CC[C@]3(C)C(=CC[C@@H]4[C@@]5(C)C[C@@H](O)[C@H](O)C(C)(C)[C@@H]5CC[C@]43C)[C@@H]2C1. The first-order valence-corrected chi connectivity index (χ1v) is 16.9. The lowest BCUT2D eigenvalue weighted by Crippen LogP contribution is -2.67. The van der Waals surface area contributed by atoms with Gasteiger partial charge in [-0.05, 0) is 120 Å². The summed E-state index contributed by atoms with van der Waals surface area (Å²) >= 11 is 0. The van der Waals surface area contributed by atoms with E-state index >= 15 is 0 Å². The Bertz CT molecular complexity index is 1370. The zero-order chi connectivity index (χ0) is 32.1. The largest absolute Gasteiger partial charge is 0.460 e. The van der Waals surface area contributed by atoms with Gasteiger partial charge in [0, 0.05) is 12.1 Å². The summed E-state index contributed by atoms with van der Waals surface area (Å²) in [5.74, 6) is 0.735. The normalized spacial score (nSPS) is 43.8. The Kier molecular flexibility index (Phi) is 7.30. The maximum Gasteiger partial charge on any atom is 0.313 e. The van der Waals surface area contributed by atoms with Gasteiger partial charge in [0.15, 0.2) is 0 Å². The number of aliphatic hydroxyl groups is 2. The summed E-state index contributed by atoms with van der Waals surface area (Å²) in [6.45, 7) is 16.5. The van der Waals surface area contributed by atoms with E-state index in [2.05, 4.69) is 54.5 Å². The lowest BCUT2D eigenvalue weighted by Gasteiger charge is -2.71. The second-order valence-corrected chi connectivity index (χ2v) is 17.4. The zero-order valence-electron chi connectivity index (χ0n) is 27.8. The van der Waals surface area contributed by atoms with Crippen LogP contribution < -0.4 is 0 Å². The van der Waals surface area contributed by atoms with E-state index in [0.29, 0.717) is 18.3 Å². The van der Waals surface area contributed by atoms with Crippen LogP contribution in [0.3, 0.4) is 0 Å². The van der Waals surface area contributed by atoms with Crippen LogP contribution in [0.25, 0.3) is 0 Å². The van der Waals surface area contributed by atoms with Gasteiger partial charge in [0.05, 0.1) is 22.5 Å². The molecule has 1 aromatic rings. The number of nitrogens with zero attached hydrogens (tertiary/aromatic N) is 1. The molecule has 44 heavy (non-hydrogen) atoms. The Labute approximate surface area is 263 Å². The van der Waals surface area contributed by atoms with Gasteiger partial charge >= 0.3 is 5.97 Å². The summed E-state index contributed by atoms with van der Waals surface area (Å²) in [7, 11) is 0. The van der Waals surface area contributed by atoms with Gasteiger partial charge in [-0.2, -0.15) is 0 Å². The summed E-state index contributed by atoms with van der Waals surface area (Å²) in [6, 6.07) is 6.27. The molecule has 1 aromatic carbocycles. The van der Waals surface area contributed by atoms with E-state index in [1.54, 1.807) is 12.1 Å². The molecule has 0 spiro atoms. The first kappa shape index (κ1) is 31.7. The van der Waals surface area contributed by atoms with Gasteiger partial charge in [-0.1, -0.05) is 60.1 Å². The molecule has 2 N–H and O–H groups in total. The number of allylic oxidation sites excluding steroid dienone is 2. The monoisotopic (exact) mass is 607 g/mol. The minimum atomic E-state index is -0.713. The first-order chi connectivity index (χ1) is 20.4. The number of esters is 1. The van der Waals surface area contributed by atoms with Gasteiger partial charge < -0.3 is 14.9 Å². The molecule has 4 saturated carbocycles. The second-order valence-electron chi connectivity index (χ2n) is 17.4. The van der Waals surface area contributed by atoms with E-state index in [1.165, 1.54) is 17.7 Å². The van der Waals surface area contributed by atoms with Gasteiger partial charge in [-0.15, -0.1) is 0 Å². The molecular formula is C37H53NO6. The maximum absolute atomic E-state index is 14.2. The molecule has 5 aliphatic rings. The third-order valence-corrected chi connectivity index (χ3v) is 14.5. The number of benzene rings is 1. The summed E-state index contributed by atoms with van der Waals surface area (Å²) < 4.78 is 6.08. The van der Waals surface area contributed by atoms with E-state index in [0.717, 1.165) is 56.9 Å². The molecule has 4 fully saturated rings. The lowest BCUT2D eigenvalue weighted by atomic mass is 9.33. The Morgan fingerprint density at radius 2 is 1.59 bits per heavy atom. The fourth-order valence-corrected chi connectivity index (χ4v) is 11.8. The lowest BCUT2D eigenvalue weighted by molar-refractivity contribution is -0.384. The molecule has 6 rings (SSSR count). The number of carbonyl (C=O) groups is 1. The molecule has 0 aromatic heterocycles. The summed E-state index contributed by atoms with van der Waals surface area (Å²) in [5, 5.41) is 33.2. The highest BCUT2D eigenvalue weighted by Crippen LogP contribution is 2.75. The molecule has 9 atom stereocenters. The zero-order valence-corrected chi connectivity index (χ0v) is 27.8. The van der Waals surface area contributed by atoms with Crippen molar-refractivity contribution in [1.82, 2.24) is 0 Å². The minimum Gasteiger partial charge on any atom is -0.460 e. The Hall–Kier alpha value is -2.25. The van der Waals surface area contributed by atoms with E-state index < -0.39 is 22.5 Å². The Morgan fingerprint density at radius 3 is 2.25 bits per heavy atom. The van der Waals surface area contributed by atoms with Gasteiger partial charge in [-0.25, -0.2) is 0 Å². The topological polar surface area (TPSA) is 110 Å². The summed E-state index contributed by atoms with van der Waals surface area (Å²) in [4.78, 5) is 24.9. The van der Waals surface area contributed by atoms with E-state index in [-0.39, 0.29) is 51.3 Å². The van der Waals surface area contributed by atoms with Crippen molar-refractivity contribution < 1.29 is 24.7 Å². The van der Waals surface area contributed by atoms with Crippen molar-refractivity contribution in [2.75, 3.05) is 0 Å². The van der Waals surface area contributed by atoms with Crippen molar-refractivity contribution in [3.63, 3.8) is 0 Å². The van der Waals surface area contributed by atoms with Crippen LogP contribution in [-0.4, -0.2) is 33.3 Å². The van der Waals surface area contributed by atoms with Crippen molar-refractivity contribution in [2.24, 2.45) is 50.2 Å². The fourth-order valence-electron chi connectivity index (χ4n) is 11.8. The Morgan fingerprint density at radius 1 is 0.932 bits per heavy atom. The van der Waals surface area contributed by atoms with Crippen molar-refractivity contribution in [2.45, 2.75) is 125 Å². The molecule has 5 aliphatic carbocycles. The molecule has 0 unspecified atom stereocenters. The number of rotatable bonds is 4. The van der Waals surface area contributed by atoms with E-state index in [9.17, 15) is 25.1 Å². The molecular weight excluding hydrogens is 554 g/mol. The van der Waals surface area contributed by atoms with Crippen molar-refractivity contribution in [3.8, 4) is 0 Å². The van der Waals surface area contributed by atoms with E-state index in [1.807, 2.05) is 0 Å². The van der Waals surface area contributed by atoms with Crippen LogP contribution in [0.4, 0.5) is 5.69 Å². The van der Waals surface area contributed by atoms with Crippen LogP contribution in [0.15, 0.2) is 35.9 Å². The first-order valence-electron chi connectivity index (χ1n) is 16.9. The molecule has 0 saturated heterocycles. The molecule has 0 heterocycles. The third-order valence-electron chi connectivity index (χ3n) is 14.5. The van der Waals surface area contributed by atoms with Gasteiger partial charge in [0.1, 0.15) is 6.61 Å². The number of aliphatic hydroxyl groups excluding tert-OH is 2. The van der Waals surface area contributed by atoms with Gasteiger partial charge in [0.25, 0.3) is 5.69 Å². The number of hydrogen-bond donors (Lipinski definition) is 2.